The first-order chi connectivity index (χ1) is 6.72. The molecule has 2 rings (SSSR count). The predicted molar refractivity (Wildman–Crippen MR) is 51.8 cm³/mol. The second-order valence-electron chi connectivity index (χ2n) is 2.96. The van der Waals surface area contributed by atoms with Crippen molar-refractivity contribution in [3.8, 4) is 6.07 Å². The Morgan fingerprint density at radius 1 is 1.50 bits per heavy atom. The number of aromatic amines is 1. The molecule has 0 unspecified atom stereocenters. The number of hydrogen-bond donors (Lipinski definition) is 1. The molecule has 0 saturated heterocycles. The van der Waals surface area contributed by atoms with Gasteiger partial charge in [-0.05, 0) is 19.1 Å². The van der Waals surface area contributed by atoms with Crippen molar-refractivity contribution in [2.75, 3.05) is 0 Å². The minimum atomic E-state index is -0.260. The molecule has 2 aromatic rings. The van der Waals surface area contributed by atoms with E-state index < -0.39 is 0 Å². The number of nitriles is 1. The summed E-state index contributed by atoms with van der Waals surface area (Å²) < 4.78 is 0. The van der Waals surface area contributed by atoms with Crippen molar-refractivity contribution < 1.29 is 0 Å². The lowest BCUT2D eigenvalue weighted by Crippen LogP contribution is -2.10. The number of rotatable bonds is 0. The molecule has 1 heterocycles. The number of aryl methyl sites for hydroxylation is 1. The quantitative estimate of drug-likeness (QED) is 0.668. The lowest BCUT2D eigenvalue weighted by molar-refractivity contribution is 1.06. The van der Waals surface area contributed by atoms with Crippen molar-refractivity contribution in [3.63, 3.8) is 0 Å². The summed E-state index contributed by atoms with van der Waals surface area (Å²) in [6.45, 7) is 1.71. The van der Waals surface area contributed by atoms with Crippen LogP contribution in [0.4, 0.5) is 0 Å². The molecule has 0 atom stereocenters. The third-order valence-corrected chi connectivity index (χ3v) is 1.97. The van der Waals surface area contributed by atoms with Crippen LogP contribution in [0.1, 0.15) is 11.4 Å². The van der Waals surface area contributed by atoms with Crippen molar-refractivity contribution >= 4 is 10.9 Å². The number of nitrogens with one attached hydrogen (secondary N) is 1. The molecule has 0 bridgehead atoms. The minimum absolute atomic E-state index is 0.260. The molecule has 0 radical (unpaired) electrons. The lowest BCUT2D eigenvalue weighted by Gasteiger charge is -1.98. The zero-order valence-electron chi connectivity index (χ0n) is 7.53. The molecule has 0 aliphatic heterocycles. The van der Waals surface area contributed by atoms with Crippen LogP contribution in [0.25, 0.3) is 10.9 Å². The molecule has 0 amide bonds. The molecule has 68 valence electrons. The van der Waals surface area contributed by atoms with E-state index >= 15 is 0 Å². The van der Waals surface area contributed by atoms with Gasteiger partial charge in [0.25, 0.3) is 5.56 Å². The number of H-pyrrole nitrogens is 1. The van der Waals surface area contributed by atoms with E-state index in [9.17, 15) is 4.79 Å². The van der Waals surface area contributed by atoms with Gasteiger partial charge in [0, 0.05) is 0 Å². The van der Waals surface area contributed by atoms with Gasteiger partial charge in [-0.25, -0.2) is 4.98 Å². The van der Waals surface area contributed by atoms with Crippen LogP contribution in [0.2, 0.25) is 0 Å². The van der Waals surface area contributed by atoms with Gasteiger partial charge in [0.15, 0.2) is 0 Å². The number of benzene rings is 1. The maximum Gasteiger partial charge on any atom is 0.260 e. The summed E-state index contributed by atoms with van der Waals surface area (Å²) in [5.74, 6) is 0.553. The van der Waals surface area contributed by atoms with Crippen LogP contribution in [-0.4, -0.2) is 9.97 Å². The van der Waals surface area contributed by atoms with E-state index in [1.165, 1.54) is 0 Å². The summed E-state index contributed by atoms with van der Waals surface area (Å²) in [5.41, 5.74) is 0.659. The second kappa shape index (κ2) is 2.96. The van der Waals surface area contributed by atoms with Crippen molar-refractivity contribution in [3.05, 3.63) is 39.9 Å². The molecule has 1 aromatic carbocycles. The van der Waals surface area contributed by atoms with Gasteiger partial charge >= 0.3 is 0 Å². The normalized spacial score (nSPS) is 10.0. The third-order valence-electron chi connectivity index (χ3n) is 1.97. The second-order valence-corrected chi connectivity index (χ2v) is 2.96. The fraction of sp³-hybridized carbons (Fsp3) is 0.100. The maximum atomic E-state index is 11.5. The van der Waals surface area contributed by atoms with Gasteiger partial charge in [0.05, 0.1) is 16.5 Å². The molecule has 0 saturated carbocycles. The number of aromatic nitrogens is 2. The van der Waals surface area contributed by atoms with Gasteiger partial charge < -0.3 is 4.98 Å². The predicted octanol–water partition coefficient (Wildman–Crippen LogP) is 1.10. The number of fused-ring (bicyclic) bond motifs is 1. The van der Waals surface area contributed by atoms with Crippen LogP contribution in [0.5, 0.6) is 0 Å². The van der Waals surface area contributed by atoms with Crippen LogP contribution < -0.4 is 5.56 Å². The fourth-order valence-electron chi connectivity index (χ4n) is 1.40. The summed E-state index contributed by atoms with van der Waals surface area (Å²) in [6.07, 6.45) is 0. The Balaban J connectivity index is 3.04. The Hall–Kier alpha value is -2.15. The van der Waals surface area contributed by atoms with E-state index in [4.69, 9.17) is 5.26 Å². The number of hydrogen-bond acceptors (Lipinski definition) is 3. The van der Waals surface area contributed by atoms with Crippen LogP contribution in [-0.2, 0) is 0 Å². The van der Waals surface area contributed by atoms with Gasteiger partial charge in [-0.2, -0.15) is 5.26 Å². The zero-order valence-corrected chi connectivity index (χ0v) is 7.53. The first-order valence-electron chi connectivity index (χ1n) is 4.12. The average Bonchev–Trinajstić information content (AvgIpc) is 2.16. The largest absolute Gasteiger partial charge is 0.310 e. The summed E-state index contributed by atoms with van der Waals surface area (Å²) in [7, 11) is 0. The molecule has 14 heavy (non-hydrogen) atoms. The highest BCUT2D eigenvalue weighted by atomic mass is 16.1. The zero-order chi connectivity index (χ0) is 10.1. The van der Waals surface area contributed by atoms with Crippen molar-refractivity contribution in [2.24, 2.45) is 0 Å². The molecule has 4 nitrogen and oxygen atoms in total. The highest BCUT2D eigenvalue weighted by Gasteiger charge is 2.05. The standard InChI is InChI=1S/C10H7N3O/c1-6-12-8-4-2-3-7(5-11)9(8)10(14)13-6/h2-4H,1H3,(H,12,13,14). The highest BCUT2D eigenvalue weighted by Crippen LogP contribution is 2.11. The fourth-order valence-corrected chi connectivity index (χ4v) is 1.40. The Labute approximate surface area is 79.8 Å². The molecule has 1 N–H and O–H groups in total. The Morgan fingerprint density at radius 2 is 2.29 bits per heavy atom. The summed E-state index contributed by atoms with van der Waals surface area (Å²) in [6, 6.07) is 7.01. The van der Waals surface area contributed by atoms with E-state index in [1.54, 1.807) is 25.1 Å². The van der Waals surface area contributed by atoms with Gasteiger partial charge in [0.1, 0.15) is 11.9 Å². The van der Waals surface area contributed by atoms with Gasteiger partial charge in [0.2, 0.25) is 0 Å². The van der Waals surface area contributed by atoms with Crippen LogP contribution in [0.3, 0.4) is 0 Å². The van der Waals surface area contributed by atoms with E-state index in [1.807, 2.05) is 6.07 Å². The molecule has 1 aromatic heterocycles. The first kappa shape index (κ1) is 8.45. The SMILES string of the molecule is Cc1nc2cccc(C#N)c2c(=O)[nH]1. The Kier molecular flexibility index (Phi) is 1.79. The van der Waals surface area contributed by atoms with Crippen LogP contribution >= 0.6 is 0 Å². The van der Waals surface area contributed by atoms with E-state index in [0.29, 0.717) is 22.3 Å². The molecule has 0 spiro atoms. The molecular formula is C10H7N3O. The van der Waals surface area contributed by atoms with Crippen LogP contribution in [0, 0.1) is 18.3 Å². The van der Waals surface area contributed by atoms with Gasteiger partial charge in [-0.15, -0.1) is 0 Å². The van der Waals surface area contributed by atoms with Crippen LogP contribution in [0.15, 0.2) is 23.0 Å². The number of nitrogens with zero attached hydrogens (tertiary/aromatic N) is 2. The van der Waals surface area contributed by atoms with E-state index in [2.05, 4.69) is 9.97 Å². The smallest absolute Gasteiger partial charge is 0.260 e. The molecule has 0 fully saturated rings. The first-order valence-corrected chi connectivity index (χ1v) is 4.12. The lowest BCUT2D eigenvalue weighted by atomic mass is 10.1. The van der Waals surface area contributed by atoms with Crippen molar-refractivity contribution in [1.82, 2.24) is 9.97 Å². The van der Waals surface area contributed by atoms with Crippen molar-refractivity contribution in [1.29, 1.82) is 5.26 Å². The summed E-state index contributed by atoms with van der Waals surface area (Å²) >= 11 is 0. The molecule has 0 aliphatic rings. The molecule has 0 aliphatic carbocycles. The topological polar surface area (TPSA) is 69.5 Å². The average molecular weight is 185 g/mol. The highest BCUT2D eigenvalue weighted by molar-refractivity contribution is 5.83. The maximum absolute atomic E-state index is 11.5. The summed E-state index contributed by atoms with van der Waals surface area (Å²) in [5, 5.41) is 9.16. The summed E-state index contributed by atoms with van der Waals surface area (Å²) in [4.78, 5) is 18.2. The van der Waals surface area contributed by atoms with Gasteiger partial charge in [-0.3, -0.25) is 4.79 Å². The van der Waals surface area contributed by atoms with Crippen molar-refractivity contribution in [2.45, 2.75) is 6.92 Å². The minimum Gasteiger partial charge on any atom is -0.310 e. The Morgan fingerprint density at radius 3 is 3.00 bits per heavy atom. The molecule has 4 heteroatoms. The van der Waals surface area contributed by atoms with E-state index in [0.717, 1.165) is 0 Å². The van der Waals surface area contributed by atoms with Gasteiger partial charge in [-0.1, -0.05) is 6.07 Å². The van der Waals surface area contributed by atoms with E-state index in [-0.39, 0.29) is 5.56 Å². The Bertz CT molecular complexity index is 592. The molecular weight excluding hydrogens is 178 g/mol. The third kappa shape index (κ3) is 1.15. The monoisotopic (exact) mass is 185 g/mol.